The van der Waals surface area contributed by atoms with Gasteiger partial charge in [0.15, 0.2) is 5.82 Å². The number of nitrogens with two attached hydrogens (primary N) is 1. The molecule has 0 radical (unpaired) electrons. The zero-order chi connectivity index (χ0) is 26.6. The van der Waals surface area contributed by atoms with Crippen LogP contribution >= 0.6 is 22.9 Å². The molecule has 37 heavy (non-hydrogen) atoms. The van der Waals surface area contributed by atoms with E-state index in [1.165, 1.54) is 11.3 Å². The molecule has 5 aromatic rings. The van der Waals surface area contributed by atoms with Gasteiger partial charge in [-0.1, -0.05) is 11.6 Å². The van der Waals surface area contributed by atoms with Gasteiger partial charge in [0.2, 0.25) is 0 Å². The predicted octanol–water partition coefficient (Wildman–Crippen LogP) is 6.87. The lowest BCUT2D eigenvalue weighted by Gasteiger charge is -2.24. The molecule has 0 fully saturated rings. The zero-order valence-corrected chi connectivity index (χ0v) is 22.8. The van der Waals surface area contributed by atoms with Crippen molar-refractivity contribution in [1.29, 1.82) is 0 Å². The number of aliphatic carboxylic acids is 1. The van der Waals surface area contributed by atoms with Crippen LogP contribution in [0, 0.1) is 6.92 Å². The lowest BCUT2D eigenvalue weighted by atomic mass is 9.92. The number of anilines is 1. The molecule has 0 saturated heterocycles. The van der Waals surface area contributed by atoms with Crippen molar-refractivity contribution in [2.45, 2.75) is 39.7 Å². The number of nitrogen functional groups attached to an aromatic ring is 1. The van der Waals surface area contributed by atoms with Crippen molar-refractivity contribution in [2.24, 2.45) is 7.05 Å². The maximum Gasteiger partial charge on any atom is 0.307 e. The van der Waals surface area contributed by atoms with Crippen LogP contribution in [0.5, 0.6) is 5.75 Å². The monoisotopic (exact) mass is 534 g/mol. The minimum atomic E-state index is -0.904. The third kappa shape index (κ3) is 4.74. The SMILES string of the molecule is Cc1cc2nc(-c3ccc4c(c3)c(N)nn4C)sc2c(-c2ccc(Cl)cc2OC(C)(C)C)c1CC(=O)O. The molecule has 9 heteroatoms. The molecule has 2 aromatic heterocycles. The first-order valence-electron chi connectivity index (χ1n) is 11.8. The molecule has 2 heterocycles. The van der Waals surface area contributed by atoms with E-state index >= 15 is 0 Å². The highest BCUT2D eigenvalue weighted by molar-refractivity contribution is 7.22. The summed E-state index contributed by atoms with van der Waals surface area (Å²) in [4.78, 5) is 16.9. The van der Waals surface area contributed by atoms with Crippen LogP contribution in [0.15, 0.2) is 42.5 Å². The summed E-state index contributed by atoms with van der Waals surface area (Å²) in [6.07, 6.45) is -0.125. The third-order valence-corrected chi connectivity index (χ3v) is 7.47. The molecule has 3 aromatic carbocycles. The van der Waals surface area contributed by atoms with Crippen molar-refractivity contribution in [2.75, 3.05) is 5.73 Å². The quantitative estimate of drug-likeness (QED) is 0.255. The van der Waals surface area contributed by atoms with Crippen molar-refractivity contribution in [3.63, 3.8) is 0 Å². The first-order chi connectivity index (χ1) is 17.4. The first kappa shape index (κ1) is 25.0. The number of hydrogen-bond donors (Lipinski definition) is 2. The second-order valence-electron chi connectivity index (χ2n) is 10.1. The molecule has 0 unspecified atom stereocenters. The molecule has 5 rings (SSSR count). The lowest BCUT2D eigenvalue weighted by Crippen LogP contribution is -2.23. The average molecular weight is 535 g/mol. The lowest BCUT2D eigenvalue weighted by molar-refractivity contribution is -0.136. The molecular formula is C28H27ClN4O3S. The molecule has 3 N–H and O–H groups in total. The Morgan fingerprint density at radius 1 is 1.19 bits per heavy atom. The summed E-state index contributed by atoms with van der Waals surface area (Å²) in [7, 11) is 1.86. The molecule has 0 aliphatic heterocycles. The van der Waals surface area contributed by atoms with Gasteiger partial charge in [-0.2, -0.15) is 5.10 Å². The molecular weight excluding hydrogens is 508 g/mol. The summed E-state index contributed by atoms with van der Waals surface area (Å²) < 4.78 is 8.94. The largest absolute Gasteiger partial charge is 0.487 e. The summed E-state index contributed by atoms with van der Waals surface area (Å²) in [5, 5.41) is 16.3. The van der Waals surface area contributed by atoms with E-state index in [9.17, 15) is 9.90 Å². The van der Waals surface area contributed by atoms with Gasteiger partial charge in [0.25, 0.3) is 0 Å². The van der Waals surface area contributed by atoms with Gasteiger partial charge in [-0.05, 0) is 81.3 Å². The number of aryl methyl sites for hydroxylation is 2. The van der Waals surface area contributed by atoms with Crippen LogP contribution in [-0.2, 0) is 18.3 Å². The maximum atomic E-state index is 11.9. The summed E-state index contributed by atoms with van der Waals surface area (Å²) in [6, 6.07) is 13.4. The number of carboxylic acids is 1. The molecule has 0 bridgehead atoms. The smallest absolute Gasteiger partial charge is 0.307 e. The second kappa shape index (κ2) is 9.04. The molecule has 190 valence electrons. The Morgan fingerprint density at radius 2 is 1.95 bits per heavy atom. The Balaban J connectivity index is 1.79. The Labute approximate surface area is 223 Å². The molecule has 7 nitrogen and oxygen atoms in total. The summed E-state index contributed by atoms with van der Waals surface area (Å²) in [5.41, 5.74) is 11.5. The van der Waals surface area contributed by atoms with Crippen molar-refractivity contribution in [1.82, 2.24) is 14.8 Å². The highest BCUT2D eigenvalue weighted by Crippen LogP contribution is 2.45. The first-order valence-corrected chi connectivity index (χ1v) is 13.0. The molecule has 0 atom stereocenters. The Morgan fingerprint density at radius 3 is 2.65 bits per heavy atom. The van der Waals surface area contributed by atoms with Crippen LogP contribution in [0.25, 0.3) is 42.8 Å². The van der Waals surface area contributed by atoms with E-state index in [2.05, 4.69) is 5.10 Å². The molecule has 0 spiro atoms. The highest BCUT2D eigenvalue weighted by Gasteiger charge is 2.24. The number of carboxylic acid groups (broad SMARTS) is 1. The van der Waals surface area contributed by atoms with Gasteiger partial charge >= 0.3 is 5.97 Å². The molecule has 0 aliphatic carbocycles. The van der Waals surface area contributed by atoms with E-state index in [4.69, 9.17) is 27.1 Å². The molecule has 0 amide bonds. The molecule has 0 aliphatic rings. The number of thiazole rings is 1. The number of aromatic nitrogens is 3. The van der Waals surface area contributed by atoms with Gasteiger partial charge in [0.1, 0.15) is 16.4 Å². The van der Waals surface area contributed by atoms with Gasteiger partial charge in [-0.15, -0.1) is 11.3 Å². The Hall–Kier alpha value is -3.62. The van der Waals surface area contributed by atoms with Gasteiger partial charge in [0, 0.05) is 34.1 Å². The fourth-order valence-corrected chi connectivity index (χ4v) is 5.85. The van der Waals surface area contributed by atoms with Gasteiger partial charge in [-0.3, -0.25) is 9.48 Å². The van der Waals surface area contributed by atoms with Crippen LogP contribution in [0.2, 0.25) is 5.02 Å². The van der Waals surface area contributed by atoms with E-state index < -0.39 is 11.6 Å². The number of rotatable bonds is 5. The number of ether oxygens (including phenoxy) is 1. The van der Waals surface area contributed by atoms with Crippen LogP contribution in [0.1, 0.15) is 31.9 Å². The minimum Gasteiger partial charge on any atom is -0.487 e. The van der Waals surface area contributed by atoms with E-state index in [0.29, 0.717) is 16.6 Å². The topological polar surface area (TPSA) is 103 Å². The normalized spacial score (nSPS) is 11.9. The van der Waals surface area contributed by atoms with Crippen LogP contribution in [0.4, 0.5) is 5.82 Å². The van der Waals surface area contributed by atoms with Crippen molar-refractivity contribution >= 4 is 55.8 Å². The fraction of sp³-hybridized carbons (Fsp3) is 0.250. The highest BCUT2D eigenvalue weighted by atomic mass is 35.5. The predicted molar refractivity (Wildman–Crippen MR) is 151 cm³/mol. The van der Waals surface area contributed by atoms with E-state index in [1.54, 1.807) is 16.8 Å². The van der Waals surface area contributed by atoms with Crippen LogP contribution in [-0.4, -0.2) is 31.4 Å². The van der Waals surface area contributed by atoms with Crippen LogP contribution in [0.3, 0.4) is 0 Å². The maximum absolute atomic E-state index is 11.9. The standard InChI is InChI=1S/C28H27ClN4O3S/c1-14-10-20-25(37-27(31-20)15-6-9-21-19(11-15)26(30)32-33(21)5)24(18(14)13-23(34)35)17-8-7-16(29)12-22(17)36-28(2,3)4/h6-12H,13H2,1-5H3,(H2,30,32)(H,34,35). The number of fused-ring (bicyclic) bond motifs is 2. The van der Waals surface area contributed by atoms with E-state index in [0.717, 1.165) is 53.9 Å². The summed E-state index contributed by atoms with van der Waals surface area (Å²) in [5.74, 6) is 0.155. The van der Waals surface area contributed by atoms with Gasteiger partial charge in [0.05, 0.1) is 22.2 Å². The van der Waals surface area contributed by atoms with Gasteiger partial charge < -0.3 is 15.6 Å². The minimum absolute atomic E-state index is 0.125. The Bertz CT molecular complexity index is 1700. The number of nitrogens with zero attached hydrogens (tertiary/aromatic N) is 3. The number of benzene rings is 3. The number of halogens is 1. The van der Waals surface area contributed by atoms with Crippen LogP contribution < -0.4 is 10.5 Å². The van der Waals surface area contributed by atoms with Crippen molar-refractivity contribution < 1.29 is 14.6 Å². The van der Waals surface area contributed by atoms with Crippen molar-refractivity contribution in [3.05, 3.63) is 58.6 Å². The zero-order valence-electron chi connectivity index (χ0n) is 21.2. The summed E-state index contributed by atoms with van der Waals surface area (Å²) >= 11 is 7.87. The van der Waals surface area contributed by atoms with E-state index in [1.807, 2.05) is 65.1 Å². The third-order valence-electron chi connectivity index (χ3n) is 6.09. The number of carbonyl (C=O) groups is 1. The summed E-state index contributed by atoms with van der Waals surface area (Å²) in [6.45, 7) is 7.81. The van der Waals surface area contributed by atoms with Crippen molar-refractivity contribution in [3.8, 4) is 27.4 Å². The number of hydrogen-bond acceptors (Lipinski definition) is 6. The van der Waals surface area contributed by atoms with E-state index in [-0.39, 0.29) is 6.42 Å². The second-order valence-corrected chi connectivity index (χ2v) is 11.5. The fourth-order valence-electron chi connectivity index (χ4n) is 4.57. The Kier molecular flexibility index (Phi) is 6.12. The average Bonchev–Trinajstić information content (AvgIpc) is 3.34. The molecule has 0 saturated carbocycles. The van der Waals surface area contributed by atoms with Gasteiger partial charge in [-0.25, -0.2) is 4.98 Å².